The van der Waals surface area contributed by atoms with E-state index in [9.17, 15) is 4.39 Å². The zero-order valence-corrected chi connectivity index (χ0v) is 10.4. The molecule has 0 fully saturated rings. The molecule has 1 N–H and O–H groups in total. The van der Waals surface area contributed by atoms with Crippen LogP contribution in [0.25, 0.3) is 0 Å². The summed E-state index contributed by atoms with van der Waals surface area (Å²) < 4.78 is 22.9. The summed E-state index contributed by atoms with van der Waals surface area (Å²) in [6.45, 7) is 2.60. The number of rotatable bonds is 7. The summed E-state index contributed by atoms with van der Waals surface area (Å²) in [5, 5.41) is 3.27. The highest BCUT2D eigenvalue weighted by Gasteiger charge is 2.13. The number of hydrogen-bond acceptors (Lipinski definition) is 4. The van der Waals surface area contributed by atoms with Gasteiger partial charge in [0.15, 0.2) is 6.29 Å². The standard InChI is InChI=1S/C12H19FN2O2/c1-4-10(15-8-12(16-2)17-3)11-6-5-9(13)7-14-11/h5-7,10,12,15H,4,8H2,1-3H3. The fourth-order valence-corrected chi connectivity index (χ4v) is 1.55. The fourth-order valence-electron chi connectivity index (χ4n) is 1.55. The lowest BCUT2D eigenvalue weighted by Gasteiger charge is -2.20. The van der Waals surface area contributed by atoms with Crippen molar-refractivity contribution < 1.29 is 13.9 Å². The van der Waals surface area contributed by atoms with E-state index in [0.717, 1.165) is 12.1 Å². The molecule has 5 heteroatoms. The maximum Gasteiger partial charge on any atom is 0.169 e. The Balaban J connectivity index is 2.56. The Morgan fingerprint density at radius 3 is 2.53 bits per heavy atom. The fraction of sp³-hybridized carbons (Fsp3) is 0.583. The number of nitrogens with one attached hydrogen (secondary N) is 1. The summed E-state index contributed by atoms with van der Waals surface area (Å²) in [7, 11) is 3.18. The summed E-state index contributed by atoms with van der Waals surface area (Å²) in [5.74, 6) is -0.324. The Hall–Kier alpha value is -1.04. The minimum absolute atomic E-state index is 0.0726. The van der Waals surface area contributed by atoms with E-state index in [0.29, 0.717) is 6.54 Å². The largest absolute Gasteiger partial charge is 0.355 e. The van der Waals surface area contributed by atoms with Crippen LogP contribution in [0.2, 0.25) is 0 Å². The quantitative estimate of drug-likeness (QED) is 0.741. The second-order valence-electron chi connectivity index (χ2n) is 3.67. The summed E-state index contributed by atoms with van der Waals surface area (Å²) in [4.78, 5) is 4.06. The second-order valence-corrected chi connectivity index (χ2v) is 3.67. The van der Waals surface area contributed by atoms with Crippen molar-refractivity contribution in [1.29, 1.82) is 0 Å². The van der Waals surface area contributed by atoms with Crippen LogP contribution < -0.4 is 5.32 Å². The summed E-state index contributed by atoms with van der Waals surface area (Å²) >= 11 is 0. The number of aromatic nitrogens is 1. The highest BCUT2D eigenvalue weighted by atomic mass is 19.1. The lowest BCUT2D eigenvalue weighted by atomic mass is 10.1. The maximum absolute atomic E-state index is 12.8. The molecule has 0 radical (unpaired) electrons. The van der Waals surface area contributed by atoms with Crippen molar-refractivity contribution in [3.8, 4) is 0 Å². The molecule has 0 amide bonds. The van der Waals surface area contributed by atoms with Crippen molar-refractivity contribution in [2.75, 3.05) is 20.8 Å². The normalized spacial score (nSPS) is 13.0. The van der Waals surface area contributed by atoms with Gasteiger partial charge in [-0.1, -0.05) is 6.92 Å². The third kappa shape index (κ3) is 4.38. The smallest absolute Gasteiger partial charge is 0.169 e. The molecule has 0 aliphatic heterocycles. The topological polar surface area (TPSA) is 43.4 Å². The lowest BCUT2D eigenvalue weighted by Crippen LogP contribution is -2.32. The van der Waals surface area contributed by atoms with Crippen LogP contribution in [-0.2, 0) is 9.47 Å². The molecule has 1 atom stereocenters. The zero-order chi connectivity index (χ0) is 12.7. The van der Waals surface area contributed by atoms with Gasteiger partial charge in [0.05, 0.1) is 11.9 Å². The molecule has 1 aromatic heterocycles. The van der Waals surface area contributed by atoms with Gasteiger partial charge in [-0.05, 0) is 18.6 Å². The summed E-state index contributed by atoms with van der Waals surface area (Å²) in [6.07, 6.45) is 1.80. The first-order valence-electron chi connectivity index (χ1n) is 5.61. The first kappa shape index (κ1) is 14.0. The predicted molar refractivity (Wildman–Crippen MR) is 63.0 cm³/mol. The van der Waals surface area contributed by atoms with Gasteiger partial charge in [0.1, 0.15) is 5.82 Å². The van der Waals surface area contributed by atoms with Crippen molar-refractivity contribution in [2.45, 2.75) is 25.7 Å². The average molecular weight is 242 g/mol. The number of hydrogen-bond donors (Lipinski definition) is 1. The Kier molecular flexibility index (Phi) is 6.04. The van der Waals surface area contributed by atoms with Crippen LogP contribution in [0, 0.1) is 5.82 Å². The van der Waals surface area contributed by atoms with Crippen molar-refractivity contribution in [2.24, 2.45) is 0 Å². The lowest BCUT2D eigenvalue weighted by molar-refractivity contribution is -0.1000. The van der Waals surface area contributed by atoms with Gasteiger partial charge in [-0.15, -0.1) is 0 Å². The van der Waals surface area contributed by atoms with Gasteiger partial charge < -0.3 is 14.8 Å². The molecule has 0 aliphatic rings. The molecular formula is C12H19FN2O2. The van der Waals surface area contributed by atoms with E-state index >= 15 is 0 Å². The SMILES string of the molecule is CCC(NCC(OC)OC)c1ccc(F)cn1. The Morgan fingerprint density at radius 1 is 1.35 bits per heavy atom. The van der Waals surface area contributed by atoms with E-state index in [1.54, 1.807) is 20.3 Å². The van der Waals surface area contributed by atoms with Crippen LogP contribution in [0.1, 0.15) is 25.1 Å². The summed E-state index contributed by atoms with van der Waals surface area (Å²) in [6, 6.07) is 3.17. The highest BCUT2D eigenvalue weighted by molar-refractivity contribution is 5.09. The van der Waals surface area contributed by atoms with Gasteiger partial charge in [0, 0.05) is 26.8 Å². The minimum Gasteiger partial charge on any atom is -0.355 e. The number of ether oxygens (including phenoxy) is 2. The predicted octanol–water partition coefficient (Wildman–Crippen LogP) is 1.88. The van der Waals surface area contributed by atoms with Gasteiger partial charge in [0.25, 0.3) is 0 Å². The number of halogens is 1. The molecule has 1 aromatic rings. The molecule has 96 valence electrons. The first-order valence-corrected chi connectivity index (χ1v) is 5.61. The first-order chi connectivity index (χ1) is 8.21. The zero-order valence-electron chi connectivity index (χ0n) is 10.4. The van der Waals surface area contributed by atoms with Gasteiger partial charge in [0.2, 0.25) is 0 Å². The van der Waals surface area contributed by atoms with E-state index < -0.39 is 0 Å². The Bertz CT molecular complexity index is 315. The molecule has 0 saturated carbocycles. The van der Waals surface area contributed by atoms with Crippen LogP contribution >= 0.6 is 0 Å². The molecule has 0 aliphatic carbocycles. The maximum atomic E-state index is 12.8. The molecule has 17 heavy (non-hydrogen) atoms. The van der Waals surface area contributed by atoms with E-state index in [4.69, 9.17) is 9.47 Å². The van der Waals surface area contributed by atoms with Gasteiger partial charge in [-0.25, -0.2) is 4.39 Å². The Labute approximate surface area is 101 Å². The molecule has 0 aromatic carbocycles. The third-order valence-electron chi connectivity index (χ3n) is 2.57. The number of nitrogens with zero attached hydrogens (tertiary/aromatic N) is 1. The van der Waals surface area contributed by atoms with Crippen molar-refractivity contribution >= 4 is 0 Å². The molecule has 0 spiro atoms. The summed E-state index contributed by atoms with van der Waals surface area (Å²) in [5.41, 5.74) is 0.819. The monoisotopic (exact) mass is 242 g/mol. The molecule has 1 rings (SSSR count). The minimum atomic E-state index is -0.324. The van der Waals surface area contributed by atoms with Crippen molar-refractivity contribution in [3.63, 3.8) is 0 Å². The Morgan fingerprint density at radius 2 is 2.06 bits per heavy atom. The molecule has 1 heterocycles. The highest BCUT2D eigenvalue weighted by Crippen LogP contribution is 2.14. The van der Waals surface area contributed by atoms with Crippen LogP contribution in [0.15, 0.2) is 18.3 Å². The average Bonchev–Trinajstić information content (AvgIpc) is 2.36. The molecule has 0 saturated heterocycles. The van der Waals surface area contributed by atoms with Crippen LogP contribution in [0.4, 0.5) is 4.39 Å². The number of pyridine rings is 1. The van der Waals surface area contributed by atoms with Crippen molar-refractivity contribution in [3.05, 3.63) is 29.8 Å². The van der Waals surface area contributed by atoms with Crippen LogP contribution in [0.5, 0.6) is 0 Å². The number of methoxy groups -OCH3 is 2. The van der Waals surface area contributed by atoms with E-state index in [-0.39, 0.29) is 18.1 Å². The third-order valence-corrected chi connectivity index (χ3v) is 2.57. The van der Waals surface area contributed by atoms with Gasteiger partial charge >= 0.3 is 0 Å². The van der Waals surface area contributed by atoms with E-state index in [2.05, 4.69) is 10.3 Å². The molecule has 0 bridgehead atoms. The molecular weight excluding hydrogens is 223 g/mol. The van der Waals surface area contributed by atoms with E-state index in [1.807, 2.05) is 6.92 Å². The van der Waals surface area contributed by atoms with Crippen LogP contribution in [0.3, 0.4) is 0 Å². The van der Waals surface area contributed by atoms with E-state index in [1.165, 1.54) is 12.3 Å². The van der Waals surface area contributed by atoms with Gasteiger partial charge in [-0.3, -0.25) is 4.98 Å². The second kappa shape index (κ2) is 7.32. The molecule has 1 unspecified atom stereocenters. The van der Waals surface area contributed by atoms with Crippen LogP contribution in [-0.4, -0.2) is 32.0 Å². The van der Waals surface area contributed by atoms with Gasteiger partial charge in [-0.2, -0.15) is 0 Å². The van der Waals surface area contributed by atoms with Crippen molar-refractivity contribution in [1.82, 2.24) is 10.3 Å². The molecule has 4 nitrogen and oxygen atoms in total.